The molecule has 2 aliphatic heterocycles. The highest BCUT2D eigenvalue weighted by Gasteiger charge is 2.49. The molecular formula is C24H29N5O2. The van der Waals surface area contributed by atoms with E-state index in [1.807, 2.05) is 41.0 Å². The van der Waals surface area contributed by atoms with E-state index in [0.717, 1.165) is 36.3 Å². The van der Waals surface area contributed by atoms with E-state index in [9.17, 15) is 9.59 Å². The molecule has 1 atom stereocenters. The first kappa shape index (κ1) is 19.9. The number of anilines is 2. The average Bonchev–Trinajstić information content (AvgIpc) is 3.44. The van der Waals surface area contributed by atoms with Gasteiger partial charge in [0.25, 0.3) is 5.91 Å². The molecule has 0 unspecified atom stereocenters. The molecule has 162 valence electrons. The second kappa shape index (κ2) is 7.27. The Bertz CT molecular complexity index is 1030. The van der Waals surface area contributed by atoms with Gasteiger partial charge in [-0.15, -0.1) is 0 Å². The number of fused-ring (bicyclic) bond motifs is 1. The highest BCUT2D eigenvalue weighted by atomic mass is 16.2. The summed E-state index contributed by atoms with van der Waals surface area (Å²) in [6.45, 7) is 4.43. The molecule has 0 spiro atoms. The molecule has 0 aromatic heterocycles. The number of hydrogen-bond donors (Lipinski definition) is 2. The fourth-order valence-corrected chi connectivity index (χ4v) is 4.56. The van der Waals surface area contributed by atoms with Gasteiger partial charge in [-0.05, 0) is 55.2 Å². The molecule has 2 aromatic carbocycles. The van der Waals surface area contributed by atoms with Crippen LogP contribution in [0.1, 0.15) is 30.1 Å². The van der Waals surface area contributed by atoms with Crippen LogP contribution in [0.2, 0.25) is 0 Å². The first-order chi connectivity index (χ1) is 14.9. The van der Waals surface area contributed by atoms with E-state index in [4.69, 9.17) is 5.73 Å². The fourth-order valence-electron chi connectivity index (χ4n) is 4.56. The molecule has 1 saturated heterocycles. The number of nitrogens with two attached hydrogens (primary N) is 1. The summed E-state index contributed by atoms with van der Waals surface area (Å²) in [7, 11) is 2.07. The first-order valence-electron chi connectivity index (χ1n) is 10.9. The Balaban J connectivity index is 1.27. The highest BCUT2D eigenvalue weighted by molar-refractivity contribution is 5.95. The van der Waals surface area contributed by atoms with E-state index in [2.05, 4.69) is 35.5 Å². The van der Waals surface area contributed by atoms with Gasteiger partial charge in [0.15, 0.2) is 0 Å². The Morgan fingerprint density at radius 1 is 1.06 bits per heavy atom. The van der Waals surface area contributed by atoms with Crippen molar-refractivity contribution in [2.45, 2.75) is 31.3 Å². The zero-order chi connectivity index (χ0) is 21.8. The maximum absolute atomic E-state index is 13.1. The van der Waals surface area contributed by atoms with Crippen molar-refractivity contribution in [3.05, 3.63) is 48.0 Å². The van der Waals surface area contributed by atoms with Gasteiger partial charge < -0.3 is 25.8 Å². The van der Waals surface area contributed by atoms with Crippen LogP contribution in [0.3, 0.4) is 0 Å². The molecule has 31 heavy (non-hydrogen) atoms. The maximum atomic E-state index is 13.1. The summed E-state index contributed by atoms with van der Waals surface area (Å²) in [5.74, 6) is 0.0445. The second-order valence-corrected chi connectivity index (χ2v) is 9.10. The van der Waals surface area contributed by atoms with E-state index in [1.54, 1.807) is 0 Å². The van der Waals surface area contributed by atoms with Gasteiger partial charge in [-0.25, -0.2) is 0 Å². The third-order valence-corrected chi connectivity index (χ3v) is 6.77. The van der Waals surface area contributed by atoms with Crippen LogP contribution in [0.5, 0.6) is 0 Å². The van der Waals surface area contributed by atoms with Crippen LogP contribution in [0.4, 0.5) is 11.4 Å². The predicted molar refractivity (Wildman–Crippen MR) is 122 cm³/mol. The van der Waals surface area contributed by atoms with Crippen LogP contribution in [0.15, 0.2) is 42.5 Å². The summed E-state index contributed by atoms with van der Waals surface area (Å²) in [5, 5.41) is 3.39. The molecule has 1 aliphatic carbocycles. The van der Waals surface area contributed by atoms with Gasteiger partial charge in [-0.3, -0.25) is 9.59 Å². The molecule has 2 fully saturated rings. The van der Waals surface area contributed by atoms with Crippen molar-refractivity contribution in [1.82, 2.24) is 9.80 Å². The SMILES string of the molecule is C[C@H]1CN(C(=O)C2(N)CC2)CCN1C(=O)c1ccc(-c2ccc3c(c2)NCN3C)cc1. The van der Waals surface area contributed by atoms with Crippen LogP contribution in [0, 0.1) is 0 Å². The molecule has 1 saturated carbocycles. The largest absolute Gasteiger partial charge is 0.366 e. The normalized spacial score (nSPS) is 21.5. The minimum atomic E-state index is -0.649. The summed E-state index contributed by atoms with van der Waals surface area (Å²) in [6, 6.07) is 14.2. The third kappa shape index (κ3) is 3.53. The van der Waals surface area contributed by atoms with Crippen molar-refractivity contribution >= 4 is 23.2 Å². The lowest BCUT2D eigenvalue weighted by Crippen LogP contribution is -2.58. The molecule has 7 nitrogen and oxygen atoms in total. The number of carbonyl (C=O) groups excluding carboxylic acids is 2. The van der Waals surface area contributed by atoms with Gasteiger partial charge in [-0.2, -0.15) is 0 Å². The standard InChI is InChI=1S/C24H29N5O2/c1-16-14-28(23(31)24(25)9-10-24)11-12-29(16)22(30)18-5-3-17(4-6-18)19-7-8-21-20(13-19)26-15-27(21)2/h3-8,13,16,26H,9-12,14-15,25H2,1-2H3/t16-/m0/s1. The summed E-state index contributed by atoms with van der Waals surface area (Å²) in [5.41, 5.74) is 10.6. The van der Waals surface area contributed by atoms with Gasteiger partial charge in [0.2, 0.25) is 5.91 Å². The monoisotopic (exact) mass is 419 g/mol. The number of carbonyl (C=O) groups is 2. The molecule has 2 heterocycles. The van der Waals surface area contributed by atoms with Gasteiger partial charge >= 0.3 is 0 Å². The lowest BCUT2D eigenvalue weighted by Gasteiger charge is -2.40. The van der Waals surface area contributed by atoms with Crippen molar-refractivity contribution in [2.75, 3.05) is 43.6 Å². The number of rotatable bonds is 3. The van der Waals surface area contributed by atoms with Crippen molar-refractivity contribution < 1.29 is 9.59 Å². The van der Waals surface area contributed by atoms with Crippen LogP contribution >= 0.6 is 0 Å². The summed E-state index contributed by atoms with van der Waals surface area (Å²) >= 11 is 0. The van der Waals surface area contributed by atoms with Crippen LogP contribution in [0.25, 0.3) is 11.1 Å². The van der Waals surface area contributed by atoms with Gasteiger partial charge in [-0.1, -0.05) is 18.2 Å². The Kier molecular flexibility index (Phi) is 4.66. The fraction of sp³-hybridized carbons (Fsp3) is 0.417. The van der Waals surface area contributed by atoms with E-state index in [0.29, 0.717) is 25.2 Å². The van der Waals surface area contributed by atoms with Crippen molar-refractivity contribution in [1.29, 1.82) is 0 Å². The Labute approximate surface area is 182 Å². The van der Waals surface area contributed by atoms with E-state index < -0.39 is 5.54 Å². The summed E-state index contributed by atoms with van der Waals surface area (Å²) < 4.78 is 0. The summed E-state index contributed by atoms with van der Waals surface area (Å²) in [4.78, 5) is 31.5. The van der Waals surface area contributed by atoms with Crippen LogP contribution < -0.4 is 16.0 Å². The van der Waals surface area contributed by atoms with E-state index in [1.165, 1.54) is 5.69 Å². The quantitative estimate of drug-likeness (QED) is 0.798. The second-order valence-electron chi connectivity index (χ2n) is 9.10. The average molecular weight is 420 g/mol. The zero-order valence-electron chi connectivity index (χ0n) is 18.1. The smallest absolute Gasteiger partial charge is 0.254 e. The van der Waals surface area contributed by atoms with Crippen LogP contribution in [-0.4, -0.2) is 66.5 Å². The topological polar surface area (TPSA) is 81.9 Å². The van der Waals surface area contributed by atoms with Gasteiger partial charge in [0, 0.05) is 38.3 Å². The minimum Gasteiger partial charge on any atom is -0.366 e. The maximum Gasteiger partial charge on any atom is 0.254 e. The molecule has 7 heteroatoms. The van der Waals surface area contributed by atoms with Gasteiger partial charge in [0.05, 0.1) is 23.6 Å². The molecule has 0 radical (unpaired) electrons. The lowest BCUT2D eigenvalue weighted by atomic mass is 10.0. The third-order valence-electron chi connectivity index (χ3n) is 6.77. The van der Waals surface area contributed by atoms with Crippen LogP contribution in [-0.2, 0) is 4.79 Å². The molecule has 3 aliphatic rings. The Morgan fingerprint density at radius 2 is 1.77 bits per heavy atom. The molecule has 3 N–H and O–H groups in total. The molecule has 5 rings (SSSR count). The number of nitrogens with zero attached hydrogens (tertiary/aromatic N) is 3. The number of hydrogen-bond acceptors (Lipinski definition) is 5. The highest BCUT2D eigenvalue weighted by Crippen LogP contribution is 2.35. The zero-order valence-corrected chi connectivity index (χ0v) is 18.1. The Hall–Kier alpha value is -3.06. The number of benzene rings is 2. The van der Waals surface area contributed by atoms with E-state index >= 15 is 0 Å². The molecule has 2 aromatic rings. The van der Waals surface area contributed by atoms with Crippen molar-refractivity contribution in [2.24, 2.45) is 5.73 Å². The van der Waals surface area contributed by atoms with Crippen molar-refractivity contribution in [3.63, 3.8) is 0 Å². The minimum absolute atomic E-state index is 0.0114. The number of piperazine rings is 1. The molecule has 2 amide bonds. The predicted octanol–water partition coefficient (Wildman–Crippen LogP) is 2.34. The first-order valence-corrected chi connectivity index (χ1v) is 10.9. The molecule has 0 bridgehead atoms. The van der Waals surface area contributed by atoms with E-state index in [-0.39, 0.29) is 17.9 Å². The number of nitrogens with one attached hydrogen (secondary N) is 1. The van der Waals surface area contributed by atoms with Crippen molar-refractivity contribution in [3.8, 4) is 11.1 Å². The number of amides is 2. The Morgan fingerprint density at radius 3 is 2.45 bits per heavy atom. The molecular weight excluding hydrogens is 390 g/mol. The lowest BCUT2D eigenvalue weighted by molar-refractivity contribution is -0.136. The van der Waals surface area contributed by atoms with Gasteiger partial charge in [0.1, 0.15) is 0 Å². The summed E-state index contributed by atoms with van der Waals surface area (Å²) in [6.07, 6.45) is 1.53.